The molecule has 160 valence electrons. The normalized spacial score (nSPS) is 11.1. The predicted molar refractivity (Wildman–Crippen MR) is 123 cm³/mol. The molecule has 0 radical (unpaired) electrons. The number of Topliss-reactive ketones (excluding diaryl/α,β-unsaturated/α-hetero) is 1. The third-order valence-corrected chi connectivity index (χ3v) is 7.10. The van der Waals surface area contributed by atoms with Gasteiger partial charge >= 0.3 is 0 Å². The molecule has 6 nitrogen and oxygen atoms in total. The molecule has 0 saturated carbocycles. The van der Waals surface area contributed by atoms with Crippen LogP contribution >= 0.6 is 23.1 Å². The molecule has 0 fully saturated rings. The first-order valence-electron chi connectivity index (χ1n) is 9.79. The summed E-state index contributed by atoms with van der Waals surface area (Å²) in [5, 5.41) is 1.29. The Hall–Kier alpha value is -2.32. The van der Waals surface area contributed by atoms with Gasteiger partial charge in [-0.15, -0.1) is 11.3 Å². The van der Waals surface area contributed by atoms with E-state index >= 15 is 0 Å². The lowest BCUT2D eigenvalue weighted by Gasteiger charge is -2.12. The number of thioether (sulfide) groups is 1. The highest BCUT2D eigenvalue weighted by Gasteiger charge is 2.18. The Kier molecular flexibility index (Phi) is 7.20. The molecule has 1 aromatic carbocycles. The van der Waals surface area contributed by atoms with Crippen LogP contribution < -0.4 is 15.0 Å². The van der Waals surface area contributed by atoms with E-state index in [1.54, 1.807) is 29.9 Å². The van der Waals surface area contributed by atoms with Crippen LogP contribution in [0.15, 0.2) is 28.2 Å². The largest absolute Gasteiger partial charge is 0.493 e. The molecule has 2 aromatic heterocycles. The summed E-state index contributed by atoms with van der Waals surface area (Å²) in [5.74, 6) is 1.21. The summed E-state index contributed by atoms with van der Waals surface area (Å²) in [6.45, 7) is 6.66. The van der Waals surface area contributed by atoms with Crippen molar-refractivity contribution in [2.75, 3.05) is 20.0 Å². The van der Waals surface area contributed by atoms with Gasteiger partial charge in [-0.2, -0.15) is 0 Å². The molecule has 0 aliphatic carbocycles. The predicted octanol–water partition coefficient (Wildman–Crippen LogP) is 4.87. The topological polar surface area (TPSA) is 70.4 Å². The van der Waals surface area contributed by atoms with Crippen LogP contribution in [0.1, 0.15) is 40.6 Å². The number of unbranched alkanes of at least 4 members (excludes halogenated alkanes) is 1. The zero-order chi connectivity index (χ0) is 21.8. The van der Waals surface area contributed by atoms with Gasteiger partial charge in [0, 0.05) is 17.0 Å². The highest BCUT2D eigenvalue weighted by Crippen LogP contribution is 2.30. The highest BCUT2D eigenvalue weighted by atomic mass is 32.2. The van der Waals surface area contributed by atoms with Gasteiger partial charge < -0.3 is 9.47 Å². The third kappa shape index (κ3) is 4.39. The number of ether oxygens (including phenoxy) is 2. The lowest BCUT2D eigenvalue weighted by molar-refractivity contribution is 0.102. The van der Waals surface area contributed by atoms with Gasteiger partial charge in [-0.1, -0.05) is 25.1 Å². The number of carbonyl (C=O) groups is 1. The zero-order valence-electron chi connectivity index (χ0n) is 17.9. The Morgan fingerprint density at radius 2 is 1.93 bits per heavy atom. The number of nitrogens with zero attached hydrogens (tertiary/aromatic N) is 2. The van der Waals surface area contributed by atoms with E-state index in [9.17, 15) is 9.59 Å². The smallest absolute Gasteiger partial charge is 0.263 e. The van der Waals surface area contributed by atoms with Crippen LogP contribution in [-0.2, 0) is 6.54 Å². The van der Waals surface area contributed by atoms with E-state index in [0.717, 1.165) is 28.1 Å². The first kappa shape index (κ1) is 22.4. The van der Waals surface area contributed by atoms with Crippen molar-refractivity contribution in [3.8, 4) is 11.5 Å². The average Bonchev–Trinajstić information content (AvgIpc) is 3.04. The van der Waals surface area contributed by atoms with E-state index in [4.69, 9.17) is 14.5 Å². The van der Waals surface area contributed by atoms with E-state index in [1.165, 1.54) is 30.2 Å². The molecule has 8 heteroatoms. The van der Waals surface area contributed by atoms with Crippen molar-refractivity contribution in [3.05, 3.63) is 44.6 Å². The molecule has 0 saturated heterocycles. The Balaban J connectivity index is 1.91. The summed E-state index contributed by atoms with van der Waals surface area (Å²) in [6.07, 6.45) is 1.85. The second-order valence-corrected chi connectivity index (χ2v) is 9.10. The van der Waals surface area contributed by atoms with E-state index < -0.39 is 0 Å². The molecule has 0 aliphatic rings. The maximum Gasteiger partial charge on any atom is 0.263 e. The minimum absolute atomic E-state index is 0.0173. The van der Waals surface area contributed by atoms with E-state index in [1.807, 2.05) is 13.8 Å². The van der Waals surface area contributed by atoms with Gasteiger partial charge in [0.25, 0.3) is 5.56 Å². The molecule has 0 unspecified atom stereocenters. The van der Waals surface area contributed by atoms with Crippen molar-refractivity contribution in [2.45, 2.75) is 45.3 Å². The molecule has 0 aliphatic heterocycles. The third-order valence-electron chi connectivity index (χ3n) is 5.03. The summed E-state index contributed by atoms with van der Waals surface area (Å²) in [4.78, 5) is 32.5. The van der Waals surface area contributed by atoms with Gasteiger partial charge in [-0.25, -0.2) is 4.98 Å². The van der Waals surface area contributed by atoms with Gasteiger partial charge in [0.15, 0.2) is 22.4 Å². The van der Waals surface area contributed by atoms with Crippen LogP contribution in [0.5, 0.6) is 11.5 Å². The fourth-order valence-corrected chi connectivity index (χ4v) is 5.15. The lowest BCUT2D eigenvalue weighted by Crippen LogP contribution is -2.23. The minimum Gasteiger partial charge on any atom is -0.493 e. The number of carbonyl (C=O) groups excluding carboxylic acids is 1. The van der Waals surface area contributed by atoms with Gasteiger partial charge in [-0.05, 0) is 44.0 Å². The van der Waals surface area contributed by atoms with Gasteiger partial charge in [-0.3, -0.25) is 14.2 Å². The summed E-state index contributed by atoms with van der Waals surface area (Å²) in [5.41, 5.74) is 1.51. The summed E-state index contributed by atoms with van der Waals surface area (Å²) in [6, 6.07) is 5.11. The molecule has 30 heavy (non-hydrogen) atoms. The Bertz CT molecular complexity index is 1130. The lowest BCUT2D eigenvalue weighted by atomic mass is 10.1. The summed E-state index contributed by atoms with van der Waals surface area (Å²) < 4.78 is 12.2. The number of hydrogen-bond donors (Lipinski definition) is 0. The van der Waals surface area contributed by atoms with Crippen molar-refractivity contribution in [1.29, 1.82) is 0 Å². The van der Waals surface area contributed by atoms with Crippen molar-refractivity contribution < 1.29 is 14.3 Å². The van der Waals surface area contributed by atoms with Crippen molar-refractivity contribution >= 4 is 39.1 Å². The molecule has 3 rings (SSSR count). The van der Waals surface area contributed by atoms with E-state index in [2.05, 4.69) is 6.92 Å². The van der Waals surface area contributed by atoms with Crippen LogP contribution in [0, 0.1) is 13.8 Å². The number of benzene rings is 1. The van der Waals surface area contributed by atoms with Crippen molar-refractivity contribution in [1.82, 2.24) is 9.55 Å². The number of aromatic nitrogens is 2. The van der Waals surface area contributed by atoms with Crippen LogP contribution in [0.25, 0.3) is 10.2 Å². The first-order chi connectivity index (χ1) is 14.4. The second kappa shape index (κ2) is 9.66. The first-order valence-corrected chi connectivity index (χ1v) is 11.6. The molecule has 0 N–H and O–H groups in total. The van der Waals surface area contributed by atoms with Crippen molar-refractivity contribution in [3.63, 3.8) is 0 Å². The maximum absolute atomic E-state index is 13.2. The maximum atomic E-state index is 13.2. The molecular weight excluding hydrogens is 420 g/mol. The van der Waals surface area contributed by atoms with Crippen LogP contribution in [-0.4, -0.2) is 35.3 Å². The molecule has 0 spiro atoms. The monoisotopic (exact) mass is 446 g/mol. The number of aryl methyl sites for hydroxylation is 2. The summed E-state index contributed by atoms with van der Waals surface area (Å²) in [7, 11) is 3.10. The fourth-order valence-electron chi connectivity index (χ4n) is 3.16. The number of rotatable bonds is 9. The molecule has 0 bridgehead atoms. The Morgan fingerprint density at radius 1 is 1.20 bits per heavy atom. The number of methoxy groups -OCH3 is 2. The molecule has 3 aromatic rings. The molecular formula is C22H26N2O4S2. The van der Waals surface area contributed by atoms with Gasteiger partial charge in [0.1, 0.15) is 4.83 Å². The summed E-state index contributed by atoms with van der Waals surface area (Å²) >= 11 is 2.83. The molecule has 2 heterocycles. The minimum atomic E-state index is -0.0594. The Labute approximate surface area is 184 Å². The number of hydrogen-bond acceptors (Lipinski definition) is 7. The van der Waals surface area contributed by atoms with Crippen LogP contribution in [0.3, 0.4) is 0 Å². The fraction of sp³-hybridized carbons (Fsp3) is 0.409. The molecule has 0 atom stereocenters. The highest BCUT2D eigenvalue weighted by molar-refractivity contribution is 7.99. The Morgan fingerprint density at radius 3 is 2.60 bits per heavy atom. The quantitative estimate of drug-likeness (QED) is 0.265. The molecule has 0 amide bonds. The SMILES string of the molecule is CCCCn1c(SCC(=O)c2ccc(OC)c(OC)c2)nc2sc(C)c(C)c2c1=O. The standard InChI is InChI=1S/C22H26N2O4S2/c1-6-7-10-24-21(26)19-13(2)14(3)30-20(19)23-22(24)29-12-16(25)15-8-9-17(27-4)18(11-15)28-5/h8-9,11H,6-7,10,12H2,1-5H3. The van der Waals surface area contributed by atoms with Gasteiger partial charge in [0.2, 0.25) is 0 Å². The average molecular weight is 447 g/mol. The van der Waals surface area contributed by atoms with Gasteiger partial charge in [0.05, 0.1) is 25.4 Å². The van der Waals surface area contributed by atoms with Crippen LogP contribution in [0.4, 0.5) is 0 Å². The van der Waals surface area contributed by atoms with Crippen LogP contribution in [0.2, 0.25) is 0 Å². The number of ketones is 1. The number of fused-ring (bicyclic) bond motifs is 1. The second-order valence-electron chi connectivity index (χ2n) is 6.95. The van der Waals surface area contributed by atoms with E-state index in [-0.39, 0.29) is 17.1 Å². The van der Waals surface area contributed by atoms with Crippen molar-refractivity contribution in [2.24, 2.45) is 0 Å². The zero-order valence-corrected chi connectivity index (χ0v) is 19.5. The van der Waals surface area contributed by atoms with E-state index in [0.29, 0.717) is 34.1 Å². The number of thiophene rings is 1.